The van der Waals surface area contributed by atoms with Gasteiger partial charge in [-0.3, -0.25) is 4.79 Å². The van der Waals surface area contributed by atoms with E-state index in [1.54, 1.807) is 0 Å². The van der Waals surface area contributed by atoms with Gasteiger partial charge in [-0.15, -0.1) is 0 Å². The maximum Gasteiger partial charge on any atom is 0.256 e. The summed E-state index contributed by atoms with van der Waals surface area (Å²) in [7, 11) is -2.70. The number of carbonyl (C=O) groups excluding carboxylic acids is 1. The molecule has 0 fully saturated rings. The monoisotopic (exact) mass is 366 g/mol. The minimum Gasteiger partial charge on any atom is -0.339 e. The summed E-state index contributed by atoms with van der Waals surface area (Å²) < 4.78 is 37.1. The fraction of sp³-hybridized carbons (Fsp3) is 0.417. The van der Waals surface area contributed by atoms with Crippen molar-refractivity contribution >= 4 is 31.9 Å². The molecule has 20 heavy (non-hydrogen) atoms. The largest absolute Gasteiger partial charge is 0.339 e. The van der Waals surface area contributed by atoms with E-state index >= 15 is 0 Å². The Hall–Kier alpha value is -0.990. The van der Waals surface area contributed by atoms with Gasteiger partial charge in [0, 0.05) is 17.6 Å². The number of hydrogen-bond donors (Lipinski definition) is 1. The molecule has 0 spiro atoms. The maximum atomic E-state index is 14.2. The average molecular weight is 367 g/mol. The SMILES string of the molecule is CCC(C)N(C)C(=O)c1cc(Br)cc(S(N)(=O)=O)c1F. The number of amides is 1. The van der Waals surface area contributed by atoms with Gasteiger partial charge >= 0.3 is 0 Å². The molecule has 1 aromatic carbocycles. The van der Waals surface area contributed by atoms with Crippen LogP contribution >= 0.6 is 15.9 Å². The minimum absolute atomic E-state index is 0.0983. The summed E-state index contributed by atoms with van der Waals surface area (Å²) in [5, 5.41) is 4.94. The summed E-state index contributed by atoms with van der Waals surface area (Å²) in [5.41, 5.74) is -0.328. The number of benzene rings is 1. The summed E-state index contributed by atoms with van der Waals surface area (Å²) in [5.74, 6) is -1.72. The van der Waals surface area contributed by atoms with Gasteiger partial charge in [0.1, 0.15) is 4.90 Å². The summed E-state index contributed by atoms with van der Waals surface area (Å²) in [6.07, 6.45) is 0.694. The molecular weight excluding hydrogens is 351 g/mol. The molecule has 0 saturated heterocycles. The summed E-state index contributed by atoms with van der Waals surface area (Å²) >= 11 is 3.05. The Morgan fingerprint density at radius 3 is 2.50 bits per heavy atom. The third-order valence-electron chi connectivity index (χ3n) is 3.11. The van der Waals surface area contributed by atoms with Crippen LogP contribution in [0, 0.1) is 5.82 Å². The molecule has 1 rings (SSSR count). The Morgan fingerprint density at radius 1 is 1.50 bits per heavy atom. The zero-order valence-corrected chi connectivity index (χ0v) is 13.8. The predicted molar refractivity (Wildman–Crippen MR) is 77.3 cm³/mol. The van der Waals surface area contributed by atoms with Crippen LogP contribution in [0.5, 0.6) is 0 Å². The van der Waals surface area contributed by atoms with Gasteiger partial charge in [-0.2, -0.15) is 0 Å². The average Bonchev–Trinajstić information content (AvgIpc) is 2.37. The smallest absolute Gasteiger partial charge is 0.256 e. The van der Waals surface area contributed by atoms with Crippen molar-refractivity contribution in [3.05, 3.63) is 28.0 Å². The highest BCUT2D eigenvalue weighted by Crippen LogP contribution is 2.24. The lowest BCUT2D eigenvalue weighted by Gasteiger charge is -2.24. The van der Waals surface area contributed by atoms with Crippen LogP contribution < -0.4 is 5.14 Å². The number of sulfonamides is 1. The van der Waals surface area contributed by atoms with E-state index in [2.05, 4.69) is 15.9 Å². The van der Waals surface area contributed by atoms with E-state index in [1.165, 1.54) is 18.0 Å². The number of halogens is 2. The molecule has 1 amide bonds. The first-order valence-electron chi connectivity index (χ1n) is 5.88. The molecule has 0 radical (unpaired) electrons. The van der Waals surface area contributed by atoms with Gasteiger partial charge in [0.25, 0.3) is 5.91 Å². The van der Waals surface area contributed by atoms with Crippen molar-refractivity contribution in [1.29, 1.82) is 0 Å². The van der Waals surface area contributed by atoms with Gasteiger partial charge in [0.05, 0.1) is 5.56 Å². The van der Waals surface area contributed by atoms with Crippen LogP contribution in [0.3, 0.4) is 0 Å². The van der Waals surface area contributed by atoms with Gasteiger partial charge in [-0.1, -0.05) is 22.9 Å². The molecule has 0 aliphatic carbocycles. The molecule has 2 N–H and O–H groups in total. The first kappa shape index (κ1) is 17.1. The number of carbonyl (C=O) groups is 1. The second kappa shape index (κ2) is 6.19. The third kappa shape index (κ3) is 3.56. The van der Waals surface area contributed by atoms with Crippen LogP contribution in [0.4, 0.5) is 4.39 Å². The second-order valence-electron chi connectivity index (χ2n) is 4.48. The van der Waals surface area contributed by atoms with Crippen LogP contribution in [-0.2, 0) is 10.0 Å². The van der Waals surface area contributed by atoms with E-state index in [4.69, 9.17) is 5.14 Å². The lowest BCUT2D eigenvalue weighted by Crippen LogP contribution is -2.35. The predicted octanol–water partition coefficient (Wildman–Crippen LogP) is 2.11. The van der Waals surface area contributed by atoms with Crippen molar-refractivity contribution < 1.29 is 17.6 Å². The highest BCUT2D eigenvalue weighted by Gasteiger charge is 2.25. The summed E-state index contributed by atoms with van der Waals surface area (Å²) in [4.78, 5) is 12.9. The molecule has 112 valence electrons. The van der Waals surface area contributed by atoms with E-state index in [9.17, 15) is 17.6 Å². The molecule has 0 aromatic heterocycles. The Bertz CT molecular complexity index is 634. The Labute approximate surface area is 126 Å². The van der Waals surface area contributed by atoms with Crippen molar-refractivity contribution in [2.75, 3.05) is 7.05 Å². The third-order valence-corrected chi connectivity index (χ3v) is 4.48. The molecular formula is C12H16BrFN2O3S. The van der Waals surface area contributed by atoms with E-state index in [-0.39, 0.29) is 16.1 Å². The van der Waals surface area contributed by atoms with Crippen LogP contribution in [0.1, 0.15) is 30.6 Å². The van der Waals surface area contributed by atoms with Gasteiger partial charge in [-0.05, 0) is 25.5 Å². The normalized spacial score (nSPS) is 13.1. The van der Waals surface area contributed by atoms with E-state index < -0.39 is 26.6 Å². The number of nitrogens with two attached hydrogens (primary N) is 1. The van der Waals surface area contributed by atoms with Gasteiger partial charge in [-0.25, -0.2) is 17.9 Å². The lowest BCUT2D eigenvalue weighted by molar-refractivity contribution is 0.0735. The topological polar surface area (TPSA) is 80.5 Å². The van der Waals surface area contributed by atoms with Crippen molar-refractivity contribution in [2.45, 2.75) is 31.2 Å². The van der Waals surface area contributed by atoms with Crippen molar-refractivity contribution in [3.8, 4) is 0 Å². The van der Waals surface area contributed by atoms with E-state index in [1.807, 2.05) is 13.8 Å². The molecule has 0 heterocycles. The Kier molecular flexibility index (Phi) is 5.28. The molecule has 5 nitrogen and oxygen atoms in total. The van der Waals surface area contributed by atoms with E-state index in [0.29, 0.717) is 6.42 Å². The molecule has 8 heteroatoms. The number of nitrogens with zero attached hydrogens (tertiary/aromatic N) is 1. The molecule has 1 unspecified atom stereocenters. The maximum absolute atomic E-state index is 14.2. The zero-order chi connectivity index (χ0) is 15.7. The van der Waals surface area contributed by atoms with E-state index in [0.717, 1.165) is 6.07 Å². The van der Waals surface area contributed by atoms with Crippen LogP contribution in [0.15, 0.2) is 21.5 Å². The summed E-state index contributed by atoms with van der Waals surface area (Å²) in [6.45, 7) is 3.70. The molecule has 0 saturated carbocycles. The Morgan fingerprint density at radius 2 is 2.05 bits per heavy atom. The highest BCUT2D eigenvalue weighted by atomic mass is 79.9. The first-order valence-corrected chi connectivity index (χ1v) is 8.22. The molecule has 1 atom stereocenters. The number of primary sulfonamides is 1. The molecule has 1 aromatic rings. The first-order chi connectivity index (χ1) is 9.09. The quantitative estimate of drug-likeness (QED) is 0.885. The standard InChI is InChI=1S/C12H16BrFN2O3S/c1-4-7(2)16(3)12(17)9-5-8(13)6-10(11(9)14)20(15,18)19/h5-7H,4H2,1-3H3,(H2,15,18,19). The fourth-order valence-corrected chi connectivity index (χ4v) is 2.85. The summed E-state index contributed by atoms with van der Waals surface area (Å²) in [6, 6.07) is 2.18. The molecule has 0 aliphatic rings. The fourth-order valence-electron chi connectivity index (χ4n) is 1.59. The number of hydrogen-bond acceptors (Lipinski definition) is 3. The van der Waals surface area contributed by atoms with Crippen LogP contribution in [0.25, 0.3) is 0 Å². The van der Waals surface area contributed by atoms with Gasteiger partial charge in [0.2, 0.25) is 10.0 Å². The number of rotatable bonds is 4. The Balaban J connectivity index is 3.40. The lowest BCUT2D eigenvalue weighted by atomic mass is 10.1. The van der Waals surface area contributed by atoms with Crippen molar-refractivity contribution in [3.63, 3.8) is 0 Å². The zero-order valence-electron chi connectivity index (χ0n) is 11.4. The van der Waals surface area contributed by atoms with Crippen molar-refractivity contribution in [2.24, 2.45) is 5.14 Å². The van der Waals surface area contributed by atoms with Crippen LogP contribution in [0.2, 0.25) is 0 Å². The van der Waals surface area contributed by atoms with Gasteiger partial charge in [0.15, 0.2) is 5.82 Å². The second-order valence-corrected chi connectivity index (χ2v) is 6.93. The van der Waals surface area contributed by atoms with Crippen LogP contribution in [-0.4, -0.2) is 32.3 Å². The van der Waals surface area contributed by atoms with Crippen molar-refractivity contribution in [1.82, 2.24) is 4.90 Å². The minimum atomic E-state index is -4.24. The molecule has 0 aliphatic heterocycles. The van der Waals surface area contributed by atoms with Gasteiger partial charge < -0.3 is 4.90 Å². The highest BCUT2D eigenvalue weighted by molar-refractivity contribution is 9.10. The molecule has 0 bridgehead atoms.